The highest BCUT2D eigenvalue weighted by Gasteiger charge is 2.62. The number of amides is 2. The molecular weight excluding hydrogens is 342 g/mol. The van der Waals surface area contributed by atoms with E-state index in [9.17, 15) is 9.59 Å². The Morgan fingerprint density at radius 2 is 2.04 bits per heavy atom. The van der Waals surface area contributed by atoms with Gasteiger partial charge in [0.2, 0.25) is 11.8 Å². The van der Waals surface area contributed by atoms with Gasteiger partial charge in [-0.25, -0.2) is 0 Å². The smallest absolute Gasteiger partial charge is 0.241 e. The van der Waals surface area contributed by atoms with Crippen LogP contribution in [-0.4, -0.2) is 30.1 Å². The van der Waals surface area contributed by atoms with Crippen molar-refractivity contribution in [2.45, 2.75) is 52.3 Å². The van der Waals surface area contributed by atoms with Gasteiger partial charge in [0.15, 0.2) is 0 Å². The fraction of sp³-hybridized carbons (Fsp3) is 0.556. The third-order valence-corrected chi connectivity index (χ3v) is 4.94. The molecule has 1 saturated carbocycles. The van der Waals surface area contributed by atoms with E-state index < -0.39 is 11.0 Å². The molecule has 1 aromatic rings. The molecule has 0 aromatic heterocycles. The minimum atomic E-state index is -0.928. The predicted molar refractivity (Wildman–Crippen MR) is 101 cm³/mol. The lowest BCUT2D eigenvalue weighted by molar-refractivity contribution is -0.170. The summed E-state index contributed by atoms with van der Waals surface area (Å²) in [5.74, 6) is -0.302. The highest BCUT2D eigenvalue weighted by atomic mass is 35.5. The van der Waals surface area contributed by atoms with Crippen molar-refractivity contribution < 1.29 is 14.3 Å². The van der Waals surface area contributed by atoms with Gasteiger partial charge in [-0.3, -0.25) is 9.59 Å². The fourth-order valence-electron chi connectivity index (χ4n) is 3.12. The van der Waals surface area contributed by atoms with E-state index in [1.165, 1.54) is 6.92 Å². The second-order valence-corrected chi connectivity index (χ2v) is 6.91. The standard InChI is InChI=1S/C18H27N3O3.ClH/c1-5-24-15-10-18(19,17(15,3)4)16(23)20-11-13-7-6-8-14(9-13)21-12(2)22;/h6-9,15H,5,10-11,19H2,1-4H3,(H,20,23)(H,21,22);1H. The molecule has 2 unspecified atom stereocenters. The van der Waals surface area contributed by atoms with Crippen LogP contribution in [0.1, 0.15) is 39.7 Å². The maximum atomic E-state index is 12.6. The summed E-state index contributed by atoms with van der Waals surface area (Å²) in [6.45, 7) is 8.30. The fourth-order valence-corrected chi connectivity index (χ4v) is 3.12. The average Bonchev–Trinajstić information content (AvgIpc) is 2.52. The summed E-state index contributed by atoms with van der Waals surface area (Å²) in [5.41, 5.74) is 6.62. The Morgan fingerprint density at radius 3 is 2.60 bits per heavy atom. The highest BCUT2D eigenvalue weighted by Crippen LogP contribution is 2.49. The molecule has 0 bridgehead atoms. The van der Waals surface area contributed by atoms with Gasteiger partial charge in [0, 0.05) is 37.6 Å². The molecule has 2 amide bonds. The maximum absolute atomic E-state index is 12.6. The monoisotopic (exact) mass is 369 g/mol. The summed E-state index contributed by atoms with van der Waals surface area (Å²) < 4.78 is 5.65. The van der Waals surface area contributed by atoms with Crippen molar-refractivity contribution in [3.8, 4) is 0 Å². The van der Waals surface area contributed by atoms with Gasteiger partial charge in [0.1, 0.15) is 5.54 Å². The average molecular weight is 370 g/mol. The second-order valence-electron chi connectivity index (χ2n) is 6.91. The lowest BCUT2D eigenvalue weighted by atomic mass is 9.54. The lowest BCUT2D eigenvalue weighted by Gasteiger charge is -2.57. The number of anilines is 1. The lowest BCUT2D eigenvalue weighted by Crippen LogP contribution is -2.75. The number of nitrogens with two attached hydrogens (primary N) is 1. The van der Waals surface area contributed by atoms with Crippen molar-refractivity contribution >= 4 is 29.9 Å². The molecule has 6 nitrogen and oxygen atoms in total. The van der Waals surface area contributed by atoms with E-state index in [2.05, 4.69) is 10.6 Å². The summed E-state index contributed by atoms with van der Waals surface area (Å²) in [5, 5.41) is 5.63. The van der Waals surface area contributed by atoms with Crippen LogP contribution in [-0.2, 0) is 20.9 Å². The molecule has 2 rings (SSSR count). The number of ether oxygens (including phenoxy) is 1. The molecule has 2 atom stereocenters. The van der Waals surface area contributed by atoms with E-state index in [-0.39, 0.29) is 30.3 Å². The SMILES string of the molecule is CCOC1CC(N)(C(=O)NCc2cccc(NC(C)=O)c2)C1(C)C.Cl. The number of rotatable bonds is 6. The summed E-state index contributed by atoms with van der Waals surface area (Å²) in [6.07, 6.45) is 0.521. The van der Waals surface area contributed by atoms with Gasteiger partial charge in [-0.2, -0.15) is 0 Å². The van der Waals surface area contributed by atoms with E-state index in [4.69, 9.17) is 10.5 Å². The quantitative estimate of drug-likeness (QED) is 0.716. The predicted octanol–water partition coefficient (Wildman–Crippen LogP) is 2.22. The molecule has 1 aliphatic carbocycles. The number of carbonyl (C=O) groups is 2. The molecule has 0 radical (unpaired) electrons. The Kier molecular flexibility index (Phi) is 6.99. The van der Waals surface area contributed by atoms with Gasteiger partial charge >= 0.3 is 0 Å². The number of nitrogens with one attached hydrogen (secondary N) is 2. The zero-order valence-corrected chi connectivity index (χ0v) is 16.0. The number of carbonyl (C=O) groups excluding carboxylic acids is 2. The number of benzene rings is 1. The largest absolute Gasteiger partial charge is 0.378 e. The molecule has 7 heteroatoms. The zero-order chi connectivity index (χ0) is 18.0. The van der Waals surface area contributed by atoms with Crippen LogP contribution >= 0.6 is 12.4 Å². The van der Waals surface area contributed by atoms with Gasteiger partial charge in [-0.05, 0) is 24.6 Å². The van der Waals surface area contributed by atoms with Crippen molar-refractivity contribution in [1.82, 2.24) is 5.32 Å². The van der Waals surface area contributed by atoms with Gasteiger partial charge < -0.3 is 21.1 Å². The summed E-state index contributed by atoms with van der Waals surface area (Å²) in [4.78, 5) is 23.7. The Hall–Kier alpha value is -1.63. The molecule has 0 heterocycles. The van der Waals surface area contributed by atoms with E-state index in [1.54, 1.807) is 6.07 Å². The summed E-state index contributed by atoms with van der Waals surface area (Å²) in [7, 11) is 0. The van der Waals surface area contributed by atoms with E-state index in [0.717, 1.165) is 5.56 Å². The van der Waals surface area contributed by atoms with Crippen molar-refractivity contribution in [1.29, 1.82) is 0 Å². The second kappa shape index (κ2) is 8.17. The summed E-state index contributed by atoms with van der Waals surface area (Å²) >= 11 is 0. The molecule has 0 spiro atoms. The number of hydrogen-bond acceptors (Lipinski definition) is 4. The Bertz CT molecular complexity index is 636. The summed E-state index contributed by atoms with van der Waals surface area (Å²) in [6, 6.07) is 7.37. The molecule has 1 fully saturated rings. The van der Waals surface area contributed by atoms with E-state index in [1.807, 2.05) is 39.0 Å². The topological polar surface area (TPSA) is 93.4 Å². The van der Waals surface area contributed by atoms with Crippen LogP contribution in [0, 0.1) is 5.41 Å². The molecular formula is C18H28ClN3O3. The molecule has 1 aromatic carbocycles. The van der Waals surface area contributed by atoms with Crippen molar-refractivity contribution in [3.05, 3.63) is 29.8 Å². The van der Waals surface area contributed by atoms with Gasteiger partial charge in [-0.15, -0.1) is 12.4 Å². The maximum Gasteiger partial charge on any atom is 0.241 e. The first kappa shape index (κ1) is 21.4. The van der Waals surface area contributed by atoms with Gasteiger partial charge in [0.05, 0.1) is 6.10 Å². The number of halogens is 1. The molecule has 0 saturated heterocycles. The van der Waals surface area contributed by atoms with Crippen molar-refractivity contribution in [3.63, 3.8) is 0 Å². The number of hydrogen-bond donors (Lipinski definition) is 3. The molecule has 0 aliphatic heterocycles. The normalized spacial score (nSPS) is 23.8. The molecule has 4 N–H and O–H groups in total. The first-order valence-corrected chi connectivity index (χ1v) is 8.26. The molecule has 1 aliphatic rings. The first-order chi connectivity index (χ1) is 11.2. The first-order valence-electron chi connectivity index (χ1n) is 8.26. The van der Waals surface area contributed by atoms with Crippen LogP contribution in [0.5, 0.6) is 0 Å². The Labute approximate surface area is 155 Å². The van der Waals surface area contributed by atoms with Gasteiger partial charge in [0.25, 0.3) is 0 Å². The Morgan fingerprint density at radius 1 is 1.36 bits per heavy atom. The zero-order valence-electron chi connectivity index (χ0n) is 15.2. The molecule has 25 heavy (non-hydrogen) atoms. The van der Waals surface area contributed by atoms with E-state index >= 15 is 0 Å². The van der Waals surface area contributed by atoms with Crippen molar-refractivity contribution in [2.75, 3.05) is 11.9 Å². The van der Waals surface area contributed by atoms with Crippen molar-refractivity contribution in [2.24, 2.45) is 11.1 Å². The Balaban J connectivity index is 0.00000312. The minimum absolute atomic E-state index is 0. The minimum Gasteiger partial charge on any atom is -0.378 e. The van der Waals surface area contributed by atoms with Crippen LogP contribution in [0.2, 0.25) is 0 Å². The van der Waals surface area contributed by atoms with Gasteiger partial charge in [-0.1, -0.05) is 26.0 Å². The highest BCUT2D eigenvalue weighted by molar-refractivity contribution is 5.89. The third kappa shape index (κ3) is 4.32. The van der Waals surface area contributed by atoms with E-state index in [0.29, 0.717) is 25.3 Å². The molecule has 140 valence electrons. The third-order valence-electron chi connectivity index (χ3n) is 4.94. The van der Waals surface area contributed by atoms with Crippen LogP contribution in [0.25, 0.3) is 0 Å². The van der Waals surface area contributed by atoms with Crippen LogP contribution in [0.4, 0.5) is 5.69 Å². The van der Waals surface area contributed by atoms with Crippen LogP contribution in [0.3, 0.4) is 0 Å². The van der Waals surface area contributed by atoms with Crippen LogP contribution in [0.15, 0.2) is 24.3 Å². The van der Waals surface area contributed by atoms with Crippen LogP contribution < -0.4 is 16.4 Å².